The predicted molar refractivity (Wildman–Crippen MR) is 44.5 cm³/mol. The highest BCUT2D eigenvalue weighted by Gasteiger charge is 1.68. The molecule has 1 heteroatoms. The molecular weight excluding hydrogens is 110 g/mol. The lowest BCUT2D eigenvalue weighted by Crippen LogP contribution is -1.95. The van der Waals surface area contributed by atoms with Gasteiger partial charge in [0.1, 0.15) is 0 Å². The minimum absolute atomic E-state index is 0.833. The van der Waals surface area contributed by atoms with Crippen LogP contribution in [-0.4, -0.2) is 6.54 Å². The van der Waals surface area contributed by atoms with Crippen molar-refractivity contribution in [3.8, 4) is 0 Å². The molecule has 0 bridgehead atoms. The molecule has 0 saturated heterocycles. The molecule has 0 aromatic heterocycles. The van der Waals surface area contributed by atoms with Crippen LogP contribution in [0.15, 0.2) is 0 Å². The summed E-state index contributed by atoms with van der Waals surface area (Å²) in [5, 5.41) is 0. The molecule has 0 heterocycles. The Morgan fingerprint density at radius 2 is 1.56 bits per heavy atom. The van der Waals surface area contributed by atoms with Crippen molar-refractivity contribution in [2.75, 3.05) is 6.54 Å². The van der Waals surface area contributed by atoms with Crippen molar-refractivity contribution in [2.24, 2.45) is 11.7 Å². The van der Waals surface area contributed by atoms with Crippen molar-refractivity contribution in [1.82, 2.24) is 0 Å². The highest BCUT2D eigenvalue weighted by molar-refractivity contribution is 4.29. The van der Waals surface area contributed by atoms with Crippen LogP contribution < -0.4 is 5.73 Å². The molecule has 0 fully saturated rings. The van der Waals surface area contributed by atoms with E-state index in [0.717, 1.165) is 12.5 Å². The first-order valence-electron chi connectivity index (χ1n) is 3.85. The Balaban J connectivity index is 0. The molecule has 0 aromatic carbocycles. The first-order valence-corrected chi connectivity index (χ1v) is 3.85. The molecule has 0 aliphatic rings. The van der Waals surface area contributed by atoms with E-state index in [-0.39, 0.29) is 0 Å². The molecule has 9 heavy (non-hydrogen) atoms. The Labute approximate surface area is 59.6 Å². The molecule has 0 amide bonds. The minimum atomic E-state index is 0.833. The molecule has 0 aromatic rings. The third kappa shape index (κ3) is 73.6. The Kier molecular flexibility index (Phi) is 14.1. The van der Waals surface area contributed by atoms with Crippen LogP contribution in [0, 0.1) is 5.92 Å². The summed E-state index contributed by atoms with van der Waals surface area (Å²) in [6, 6.07) is 0. The van der Waals surface area contributed by atoms with Gasteiger partial charge in [-0.3, -0.25) is 0 Å². The molecule has 0 aliphatic carbocycles. The normalized spacial score (nSPS) is 8.67. The molecule has 0 aliphatic heterocycles. The molecular formula is C8H21N. The summed E-state index contributed by atoms with van der Waals surface area (Å²) in [7, 11) is 0. The van der Waals surface area contributed by atoms with Crippen LogP contribution in [0.5, 0.6) is 0 Å². The van der Waals surface area contributed by atoms with Gasteiger partial charge in [0.2, 0.25) is 0 Å². The fraction of sp³-hybridized carbons (Fsp3) is 1.00. The summed E-state index contributed by atoms with van der Waals surface area (Å²) in [5.41, 5.74) is 5.14. The largest absolute Gasteiger partial charge is 0.330 e. The molecule has 0 spiro atoms. The predicted octanol–water partition coefficient (Wildman–Crippen LogP) is 2.41. The average Bonchev–Trinajstić information content (AvgIpc) is 1.66. The maximum absolute atomic E-state index is 5.14. The van der Waals surface area contributed by atoms with Gasteiger partial charge in [-0.15, -0.1) is 0 Å². The Bertz CT molecular complexity index is 28.8. The maximum atomic E-state index is 5.14. The average molecular weight is 131 g/mol. The molecule has 0 unspecified atom stereocenters. The SMILES string of the molecule is CC(C)C.CCCCN. The number of rotatable bonds is 2. The quantitative estimate of drug-likeness (QED) is 0.612. The van der Waals surface area contributed by atoms with Crippen molar-refractivity contribution < 1.29 is 0 Å². The van der Waals surface area contributed by atoms with E-state index in [9.17, 15) is 0 Å². The maximum Gasteiger partial charge on any atom is -0.00774 e. The second kappa shape index (κ2) is 10.9. The summed E-state index contributed by atoms with van der Waals surface area (Å²) in [5.74, 6) is 0.833. The van der Waals surface area contributed by atoms with E-state index in [2.05, 4.69) is 27.7 Å². The third-order valence-corrected chi connectivity index (χ3v) is 0.558. The molecule has 1 nitrogen and oxygen atoms in total. The van der Waals surface area contributed by atoms with Gasteiger partial charge in [-0.1, -0.05) is 34.1 Å². The van der Waals surface area contributed by atoms with Crippen LogP contribution in [0.1, 0.15) is 40.5 Å². The molecule has 2 N–H and O–H groups in total. The van der Waals surface area contributed by atoms with Gasteiger partial charge in [0.15, 0.2) is 0 Å². The van der Waals surface area contributed by atoms with Crippen molar-refractivity contribution >= 4 is 0 Å². The summed E-state index contributed by atoms with van der Waals surface area (Å²) < 4.78 is 0. The second-order valence-corrected chi connectivity index (χ2v) is 2.87. The zero-order valence-corrected chi connectivity index (χ0v) is 7.28. The van der Waals surface area contributed by atoms with Gasteiger partial charge in [0.05, 0.1) is 0 Å². The van der Waals surface area contributed by atoms with Crippen molar-refractivity contribution in [1.29, 1.82) is 0 Å². The number of unbranched alkanes of at least 4 members (excludes halogenated alkanes) is 1. The Morgan fingerprint density at radius 3 is 1.56 bits per heavy atom. The monoisotopic (exact) mass is 131 g/mol. The van der Waals surface area contributed by atoms with E-state index in [1.807, 2.05) is 0 Å². The molecule has 0 atom stereocenters. The van der Waals surface area contributed by atoms with Crippen molar-refractivity contribution in [2.45, 2.75) is 40.5 Å². The van der Waals surface area contributed by atoms with E-state index >= 15 is 0 Å². The Hall–Kier alpha value is -0.0400. The van der Waals surface area contributed by atoms with Crippen LogP contribution in [0.25, 0.3) is 0 Å². The second-order valence-electron chi connectivity index (χ2n) is 2.87. The molecule has 58 valence electrons. The van der Waals surface area contributed by atoms with Crippen LogP contribution in [0.3, 0.4) is 0 Å². The van der Waals surface area contributed by atoms with E-state index < -0.39 is 0 Å². The standard InChI is InChI=1S/C4H11N.C4H10/c1-2-3-4-5;1-4(2)3/h2-5H2,1H3;4H,1-3H3. The van der Waals surface area contributed by atoms with E-state index in [1.165, 1.54) is 12.8 Å². The van der Waals surface area contributed by atoms with Gasteiger partial charge >= 0.3 is 0 Å². The fourth-order valence-corrected chi connectivity index (χ4v) is 0.204. The Morgan fingerprint density at radius 1 is 1.22 bits per heavy atom. The summed E-state index contributed by atoms with van der Waals surface area (Å²) in [6.07, 6.45) is 2.39. The van der Waals surface area contributed by atoms with E-state index in [4.69, 9.17) is 5.73 Å². The van der Waals surface area contributed by atoms with Crippen LogP contribution in [0.2, 0.25) is 0 Å². The van der Waals surface area contributed by atoms with Crippen molar-refractivity contribution in [3.63, 3.8) is 0 Å². The van der Waals surface area contributed by atoms with Gasteiger partial charge in [-0.05, 0) is 18.9 Å². The highest BCUT2D eigenvalue weighted by Crippen LogP contribution is 1.81. The number of hydrogen-bond acceptors (Lipinski definition) is 1. The summed E-state index contributed by atoms with van der Waals surface area (Å²) >= 11 is 0. The fourth-order valence-electron chi connectivity index (χ4n) is 0.204. The van der Waals surface area contributed by atoms with Crippen LogP contribution in [0.4, 0.5) is 0 Å². The third-order valence-electron chi connectivity index (χ3n) is 0.558. The molecule has 0 saturated carbocycles. The lowest BCUT2D eigenvalue weighted by Gasteiger charge is -1.80. The van der Waals surface area contributed by atoms with E-state index in [0.29, 0.717) is 0 Å². The van der Waals surface area contributed by atoms with E-state index in [1.54, 1.807) is 0 Å². The molecule has 0 rings (SSSR count). The van der Waals surface area contributed by atoms with Gasteiger partial charge < -0.3 is 5.73 Å². The number of nitrogens with two attached hydrogens (primary N) is 1. The van der Waals surface area contributed by atoms with Crippen molar-refractivity contribution in [3.05, 3.63) is 0 Å². The highest BCUT2D eigenvalue weighted by atomic mass is 14.5. The van der Waals surface area contributed by atoms with Gasteiger partial charge in [-0.25, -0.2) is 0 Å². The number of hydrogen-bond donors (Lipinski definition) is 1. The topological polar surface area (TPSA) is 26.0 Å². The smallest absolute Gasteiger partial charge is 0.00774 e. The first kappa shape index (κ1) is 11.7. The lowest BCUT2D eigenvalue weighted by atomic mass is 10.3. The lowest BCUT2D eigenvalue weighted by molar-refractivity contribution is 0.737. The minimum Gasteiger partial charge on any atom is -0.330 e. The zero-order chi connectivity index (χ0) is 7.70. The van der Waals surface area contributed by atoms with Gasteiger partial charge in [0, 0.05) is 0 Å². The summed E-state index contributed by atoms with van der Waals surface area (Å²) in [4.78, 5) is 0. The van der Waals surface area contributed by atoms with Crippen LogP contribution in [-0.2, 0) is 0 Å². The van der Waals surface area contributed by atoms with Crippen LogP contribution >= 0.6 is 0 Å². The zero-order valence-electron chi connectivity index (χ0n) is 7.28. The van der Waals surface area contributed by atoms with Gasteiger partial charge in [-0.2, -0.15) is 0 Å². The summed E-state index contributed by atoms with van der Waals surface area (Å²) in [6.45, 7) is 9.48. The molecule has 0 radical (unpaired) electrons. The first-order chi connectivity index (χ1) is 4.15. The van der Waals surface area contributed by atoms with Gasteiger partial charge in [0.25, 0.3) is 0 Å².